The fourth-order valence-corrected chi connectivity index (χ4v) is 4.81. The number of esters is 1. The van der Waals surface area contributed by atoms with Crippen LogP contribution in [-0.4, -0.2) is 38.1 Å². The molecule has 2 aliphatic rings. The Labute approximate surface area is 207 Å². The largest absolute Gasteiger partial charge is 0.433 e. The zero-order valence-electron chi connectivity index (χ0n) is 19.9. The monoisotopic (exact) mass is 492 g/mol. The first kappa shape index (κ1) is 24.0. The van der Waals surface area contributed by atoms with Gasteiger partial charge in [-0.15, -0.1) is 5.10 Å². The Kier molecular flexibility index (Phi) is 6.73. The summed E-state index contributed by atoms with van der Waals surface area (Å²) in [6.45, 7) is 0. The number of aromatic nitrogens is 4. The van der Waals surface area contributed by atoms with Crippen molar-refractivity contribution in [1.29, 1.82) is 0 Å². The minimum absolute atomic E-state index is 0.0883. The molecule has 7 nitrogen and oxygen atoms in total. The van der Waals surface area contributed by atoms with Crippen LogP contribution in [0.25, 0.3) is 11.1 Å². The summed E-state index contributed by atoms with van der Waals surface area (Å²) < 4.78 is 41.0. The quantitative estimate of drug-likeness (QED) is 0.369. The van der Waals surface area contributed by atoms with Crippen LogP contribution in [0.15, 0.2) is 60.7 Å². The van der Waals surface area contributed by atoms with Crippen LogP contribution < -0.4 is 0 Å². The Morgan fingerprint density at radius 2 is 1.61 bits per heavy atom. The van der Waals surface area contributed by atoms with Gasteiger partial charge in [-0.25, -0.2) is 13.5 Å². The lowest BCUT2D eigenvalue weighted by atomic mass is 9.91. The molecule has 2 fully saturated rings. The maximum absolute atomic E-state index is 13.8. The van der Waals surface area contributed by atoms with Gasteiger partial charge >= 0.3 is 5.97 Å². The van der Waals surface area contributed by atoms with Crippen LogP contribution in [-0.2, 0) is 21.3 Å². The van der Waals surface area contributed by atoms with Gasteiger partial charge in [-0.1, -0.05) is 42.8 Å². The highest BCUT2D eigenvalue weighted by Gasteiger charge is 2.43. The minimum Gasteiger partial charge on any atom is -0.433 e. The predicted molar refractivity (Wildman–Crippen MR) is 128 cm³/mol. The molecule has 0 amide bonds. The molecule has 2 heterocycles. The third-order valence-electron chi connectivity index (χ3n) is 6.52. The number of nitrogens with zero attached hydrogens (tertiary/aromatic N) is 4. The van der Waals surface area contributed by atoms with E-state index in [0.717, 1.165) is 19.3 Å². The summed E-state index contributed by atoms with van der Waals surface area (Å²) >= 11 is 0. The molecule has 5 rings (SSSR count). The number of halogens is 2. The molecule has 9 heteroatoms. The van der Waals surface area contributed by atoms with Gasteiger partial charge in [-0.3, -0.25) is 4.79 Å². The number of carbonyl (C=O) groups is 1. The first-order chi connectivity index (χ1) is 17.4. The third-order valence-corrected chi connectivity index (χ3v) is 6.52. The second-order valence-electron chi connectivity index (χ2n) is 9.09. The van der Waals surface area contributed by atoms with Gasteiger partial charge < -0.3 is 9.47 Å². The van der Waals surface area contributed by atoms with E-state index in [-0.39, 0.29) is 24.0 Å². The zero-order valence-corrected chi connectivity index (χ0v) is 19.9. The minimum atomic E-state index is -0.879. The number of tetrazole rings is 1. The van der Waals surface area contributed by atoms with Crippen LogP contribution in [0.2, 0.25) is 0 Å². The normalized spacial score (nSPS) is 19.4. The average molecular weight is 493 g/mol. The fraction of sp³-hybridized carbons (Fsp3) is 0.333. The van der Waals surface area contributed by atoms with E-state index < -0.39 is 11.9 Å². The van der Waals surface area contributed by atoms with E-state index >= 15 is 0 Å². The van der Waals surface area contributed by atoms with E-state index in [1.54, 1.807) is 31.3 Å². The number of carbonyl (C=O) groups excluding carboxylic acids is 1. The molecule has 0 bridgehead atoms. The predicted octanol–water partition coefficient (Wildman–Crippen LogP) is 5.00. The number of hydrogen-bond acceptors (Lipinski definition) is 6. The lowest BCUT2D eigenvalue weighted by Crippen LogP contribution is -2.47. The van der Waals surface area contributed by atoms with E-state index in [9.17, 15) is 13.6 Å². The van der Waals surface area contributed by atoms with Crippen molar-refractivity contribution in [3.8, 4) is 0 Å². The van der Waals surface area contributed by atoms with Crippen LogP contribution in [0, 0.1) is 11.6 Å². The van der Waals surface area contributed by atoms with E-state index in [2.05, 4.69) is 15.5 Å². The van der Waals surface area contributed by atoms with Crippen LogP contribution in [0.5, 0.6) is 0 Å². The molecular formula is C27H26F2N4O3. The molecule has 1 aliphatic carbocycles. The Hall–Kier alpha value is -3.72. The summed E-state index contributed by atoms with van der Waals surface area (Å²) in [6, 6.07) is 12.1. The van der Waals surface area contributed by atoms with Crippen LogP contribution in [0.3, 0.4) is 0 Å². The number of rotatable bonds is 5. The molecule has 1 unspecified atom stereocenters. The zero-order chi connectivity index (χ0) is 25.1. The van der Waals surface area contributed by atoms with Crippen molar-refractivity contribution in [3.05, 3.63) is 89.3 Å². The van der Waals surface area contributed by atoms with Crippen molar-refractivity contribution in [1.82, 2.24) is 20.2 Å². The molecule has 0 radical (unpaired) electrons. The van der Waals surface area contributed by atoms with Gasteiger partial charge in [0.05, 0.1) is 12.5 Å². The molecule has 1 saturated carbocycles. The smallest absolute Gasteiger partial charge is 0.311 e. The first-order valence-corrected chi connectivity index (χ1v) is 12.0. The Bertz CT molecular complexity index is 1250. The number of ether oxygens (including phenoxy) is 2. The van der Waals surface area contributed by atoms with Crippen molar-refractivity contribution >= 4 is 17.1 Å². The Balaban J connectivity index is 1.62. The van der Waals surface area contributed by atoms with Crippen LogP contribution >= 0.6 is 0 Å². The first-order valence-electron chi connectivity index (χ1n) is 12.0. The third kappa shape index (κ3) is 5.11. The van der Waals surface area contributed by atoms with Crippen molar-refractivity contribution in [2.75, 3.05) is 0 Å². The second-order valence-corrected chi connectivity index (χ2v) is 9.09. The lowest BCUT2D eigenvalue weighted by Gasteiger charge is -2.41. The Morgan fingerprint density at radius 3 is 2.17 bits per heavy atom. The molecule has 1 aliphatic heterocycles. The maximum atomic E-state index is 13.8. The van der Waals surface area contributed by atoms with Crippen LogP contribution in [0.1, 0.15) is 55.5 Å². The molecule has 1 spiro atoms. The number of benzene rings is 2. The molecular weight excluding hydrogens is 466 g/mol. The summed E-state index contributed by atoms with van der Waals surface area (Å²) in [6.07, 6.45) is 7.55. The van der Waals surface area contributed by atoms with Gasteiger partial charge in [-0.05, 0) is 64.2 Å². The van der Waals surface area contributed by atoms with Gasteiger partial charge in [0.2, 0.25) is 5.79 Å². The lowest BCUT2D eigenvalue weighted by molar-refractivity contribution is -0.277. The molecule has 3 aromatic rings. The molecule has 1 aromatic heterocycles. The van der Waals surface area contributed by atoms with Crippen molar-refractivity contribution in [2.45, 2.75) is 50.4 Å². The van der Waals surface area contributed by atoms with Crippen molar-refractivity contribution in [3.63, 3.8) is 0 Å². The van der Waals surface area contributed by atoms with Crippen molar-refractivity contribution < 1.29 is 23.0 Å². The highest BCUT2D eigenvalue weighted by molar-refractivity contribution is 6.00. The van der Waals surface area contributed by atoms with Gasteiger partial charge in [0.1, 0.15) is 11.6 Å². The summed E-state index contributed by atoms with van der Waals surface area (Å²) in [4.78, 5) is 12.5. The van der Waals surface area contributed by atoms with Gasteiger partial charge in [0.15, 0.2) is 5.82 Å². The summed E-state index contributed by atoms with van der Waals surface area (Å²) in [5.41, 5.74) is 2.67. The van der Waals surface area contributed by atoms with E-state index in [4.69, 9.17) is 9.47 Å². The number of allylic oxidation sites excluding steroid dienone is 2. The fourth-order valence-electron chi connectivity index (χ4n) is 4.81. The average Bonchev–Trinajstić information content (AvgIpc) is 3.29. The molecule has 2 aromatic carbocycles. The molecule has 1 atom stereocenters. The highest BCUT2D eigenvalue weighted by atomic mass is 19.1. The van der Waals surface area contributed by atoms with E-state index in [1.807, 2.05) is 12.2 Å². The Morgan fingerprint density at radius 1 is 1.00 bits per heavy atom. The SMILES string of the molecule is Cn1nnnc1C(C=CC1CC(=O)OC2(CCCCC2)O1)=C(c1ccc(F)cc1)c1ccc(F)cc1. The standard InChI is InChI=1S/C27H26F2N4O3/c1-33-26(30-31-32-33)23(14-13-22-17-24(34)36-27(35-22)15-3-2-4-16-27)25(18-5-9-20(28)10-6-18)19-7-11-21(29)12-8-19/h5-14,22H,2-4,15-17H2,1H3. The number of hydrogen-bond donors (Lipinski definition) is 0. The highest BCUT2D eigenvalue weighted by Crippen LogP contribution is 2.38. The maximum Gasteiger partial charge on any atom is 0.311 e. The molecule has 186 valence electrons. The van der Waals surface area contributed by atoms with Gasteiger partial charge in [-0.2, -0.15) is 0 Å². The van der Waals surface area contributed by atoms with E-state index in [1.165, 1.54) is 28.9 Å². The molecule has 0 N–H and O–H groups in total. The summed E-state index contributed by atoms with van der Waals surface area (Å²) in [5.74, 6) is -1.47. The van der Waals surface area contributed by atoms with Gasteiger partial charge in [0, 0.05) is 25.5 Å². The van der Waals surface area contributed by atoms with Crippen molar-refractivity contribution in [2.24, 2.45) is 7.05 Å². The second kappa shape index (κ2) is 10.1. The van der Waals surface area contributed by atoms with Crippen LogP contribution in [0.4, 0.5) is 8.78 Å². The summed E-state index contributed by atoms with van der Waals surface area (Å²) in [5, 5.41) is 12.0. The number of aryl methyl sites for hydroxylation is 1. The molecule has 1 saturated heterocycles. The topological polar surface area (TPSA) is 79.1 Å². The van der Waals surface area contributed by atoms with E-state index in [0.29, 0.717) is 40.9 Å². The molecule has 36 heavy (non-hydrogen) atoms. The summed E-state index contributed by atoms with van der Waals surface area (Å²) in [7, 11) is 1.71. The van der Waals surface area contributed by atoms with Gasteiger partial charge in [0.25, 0.3) is 0 Å².